The van der Waals surface area contributed by atoms with E-state index in [-0.39, 0.29) is 5.92 Å². The summed E-state index contributed by atoms with van der Waals surface area (Å²) in [4.78, 5) is 10.9. The van der Waals surface area contributed by atoms with Gasteiger partial charge in [0.05, 0.1) is 0 Å². The Labute approximate surface area is 108 Å². The highest BCUT2D eigenvalue weighted by molar-refractivity contribution is 5.54. The molecule has 0 bridgehead atoms. The summed E-state index contributed by atoms with van der Waals surface area (Å²) in [5.74, 6) is 0.170. The van der Waals surface area contributed by atoms with Gasteiger partial charge in [0.2, 0.25) is 0 Å². The van der Waals surface area contributed by atoms with E-state index < -0.39 is 0 Å². The van der Waals surface area contributed by atoms with Crippen molar-refractivity contribution in [3.8, 4) is 0 Å². The van der Waals surface area contributed by atoms with Gasteiger partial charge in [0.25, 0.3) is 0 Å². The van der Waals surface area contributed by atoms with Crippen molar-refractivity contribution < 1.29 is 4.79 Å². The number of benzene rings is 2. The number of hydrogen-bond acceptors (Lipinski definition) is 1. The molecule has 0 aliphatic heterocycles. The zero-order valence-corrected chi connectivity index (χ0v) is 10.9. The van der Waals surface area contributed by atoms with E-state index in [4.69, 9.17) is 0 Å². The van der Waals surface area contributed by atoms with Crippen LogP contribution in [0.4, 0.5) is 0 Å². The Morgan fingerprint density at radius 1 is 0.833 bits per heavy atom. The van der Waals surface area contributed by atoms with Crippen LogP contribution in [0.15, 0.2) is 48.5 Å². The summed E-state index contributed by atoms with van der Waals surface area (Å²) in [6, 6.07) is 16.9. The van der Waals surface area contributed by atoms with Gasteiger partial charge in [-0.15, -0.1) is 0 Å². The van der Waals surface area contributed by atoms with E-state index in [0.29, 0.717) is 6.42 Å². The molecule has 92 valence electrons. The fraction of sp³-hybridized carbons (Fsp3) is 0.235. The van der Waals surface area contributed by atoms with E-state index in [1.165, 1.54) is 22.3 Å². The smallest absolute Gasteiger partial charge is 0.120 e. The number of carbonyl (C=O) groups excluding carboxylic acids is 1. The van der Waals surface area contributed by atoms with Gasteiger partial charge in [0, 0.05) is 12.3 Å². The molecule has 1 heteroatoms. The predicted molar refractivity (Wildman–Crippen MR) is 74.9 cm³/mol. The first-order chi connectivity index (χ1) is 8.70. The number of aldehydes is 1. The fourth-order valence-corrected chi connectivity index (χ4v) is 2.16. The normalized spacial score (nSPS) is 10.6. The van der Waals surface area contributed by atoms with Gasteiger partial charge in [-0.2, -0.15) is 0 Å². The third-order valence-corrected chi connectivity index (χ3v) is 3.29. The van der Waals surface area contributed by atoms with Crippen molar-refractivity contribution in [3.05, 3.63) is 70.8 Å². The topological polar surface area (TPSA) is 17.1 Å². The van der Waals surface area contributed by atoms with Crippen LogP contribution in [0.5, 0.6) is 0 Å². The van der Waals surface area contributed by atoms with Crippen LogP contribution in [-0.2, 0) is 4.79 Å². The van der Waals surface area contributed by atoms with Crippen molar-refractivity contribution in [2.24, 2.45) is 0 Å². The minimum absolute atomic E-state index is 0.170. The Balaban J connectivity index is 2.35. The molecular formula is C17H18O. The van der Waals surface area contributed by atoms with Gasteiger partial charge in [-0.25, -0.2) is 0 Å². The molecule has 1 nitrogen and oxygen atoms in total. The molecule has 0 saturated heterocycles. The summed E-state index contributed by atoms with van der Waals surface area (Å²) in [5.41, 5.74) is 4.90. The largest absolute Gasteiger partial charge is 0.303 e. The predicted octanol–water partition coefficient (Wildman–Crippen LogP) is 4.02. The minimum atomic E-state index is 0.170. The Bertz CT molecular complexity index is 463. The molecule has 0 amide bonds. The van der Waals surface area contributed by atoms with Crippen molar-refractivity contribution >= 4 is 6.29 Å². The molecule has 0 heterocycles. The lowest BCUT2D eigenvalue weighted by atomic mass is 9.88. The molecule has 0 N–H and O–H groups in total. The van der Waals surface area contributed by atoms with Gasteiger partial charge in [-0.05, 0) is 25.0 Å². The minimum Gasteiger partial charge on any atom is -0.303 e. The number of carbonyl (C=O) groups is 1. The Hall–Kier alpha value is -1.89. The second kappa shape index (κ2) is 5.63. The molecule has 2 aromatic rings. The van der Waals surface area contributed by atoms with Crippen LogP contribution in [-0.4, -0.2) is 6.29 Å². The lowest BCUT2D eigenvalue weighted by molar-refractivity contribution is -0.108. The second-order valence-electron chi connectivity index (χ2n) is 4.78. The molecule has 0 radical (unpaired) electrons. The molecule has 0 aliphatic carbocycles. The van der Waals surface area contributed by atoms with Crippen molar-refractivity contribution in [3.63, 3.8) is 0 Å². The van der Waals surface area contributed by atoms with Crippen LogP contribution < -0.4 is 0 Å². The zero-order valence-electron chi connectivity index (χ0n) is 10.9. The van der Waals surface area contributed by atoms with Gasteiger partial charge in [-0.1, -0.05) is 59.7 Å². The van der Waals surface area contributed by atoms with Crippen LogP contribution in [0, 0.1) is 13.8 Å². The van der Waals surface area contributed by atoms with Gasteiger partial charge in [0.15, 0.2) is 0 Å². The molecular weight excluding hydrogens is 220 g/mol. The highest BCUT2D eigenvalue weighted by Gasteiger charge is 2.13. The lowest BCUT2D eigenvalue weighted by Crippen LogP contribution is -2.02. The van der Waals surface area contributed by atoms with E-state index >= 15 is 0 Å². The SMILES string of the molecule is Cc1ccc(C(CC=O)c2ccc(C)cc2)cc1. The lowest BCUT2D eigenvalue weighted by Gasteiger charge is -2.15. The first-order valence-electron chi connectivity index (χ1n) is 6.27. The van der Waals surface area contributed by atoms with E-state index in [1.54, 1.807) is 0 Å². The summed E-state index contributed by atoms with van der Waals surface area (Å²) in [6.07, 6.45) is 1.54. The average molecular weight is 238 g/mol. The molecule has 0 atom stereocenters. The average Bonchev–Trinajstić information content (AvgIpc) is 2.39. The monoisotopic (exact) mass is 238 g/mol. The highest BCUT2D eigenvalue weighted by Crippen LogP contribution is 2.27. The van der Waals surface area contributed by atoms with Gasteiger partial charge < -0.3 is 4.79 Å². The van der Waals surface area contributed by atoms with Crippen LogP contribution in [0.3, 0.4) is 0 Å². The molecule has 2 rings (SSSR count). The Kier molecular flexibility index (Phi) is 3.93. The standard InChI is InChI=1S/C17H18O/c1-13-3-7-15(8-4-13)17(11-12-18)16-9-5-14(2)6-10-16/h3-10,12,17H,11H2,1-2H3. The van der Waals surface area contributed by atoms with E-state index in [2.05, 4.69) is 62.4 Å². The van der Waals surface area contributed by atoms with Crippen LogP contribution in [0.1, 0.15) is 34.6 Å². The van der Waals surface area contributed by atoms with Crippen molar-refractivity contribution in [1.82, 2.24) is 0 Å². The first-order valence-corrected chi connectivity index (χ1v) is 6.27. The second-order valence-corrected chi connectivity index (χ2v) is 4.78. The van der Waals surface area contributed by atoms with Crippen LogP contribution in [0.2, 0.25) is 0 Å². The summed E-state index contributed by atoms with van der Waals surface area (Å²) in [6.45, 7) is 4.15. The van der Waals surface area contributed by atoms with E-state index in [9.17, 15) is 4.79 Å². The number of rotatable bonds is 4. The van der Waals surface area contributed by atoms with Gasteiger partial charge in [-0.3, -0.25) is 0 Å². The molecule has 0 aliphatic rings. The molecule has 0 spiro atoms. The first kappa shape index (κ1) is 12.6. The molecule has 0 unspecified atom stereocenters. The maximum absolute atomic E-state index is 10.9. The Morgan fingerprint density at radius 3 is 1.56 bits per heavy atom. The van der Waals surface area contributed by atoms with Crippen LogP contribution in [0.25, 0.3) is 0 Å². The Morgan fingerprint density at radius 2 is 1.22 bits per heavy atom. The summed E-state index contributed by atoms with van der Waals surface area (Å²) >= 11 is 0. The molecule has 0 saturated carbocycles. The van der Waals surface area contributed by atoms with Crippen molar-refractivity contribution in [2.45, 2.75) is 26.2 Å². The molecule has 2 aromatic carbocycles. The summed E-state index contributed by atoms with van der Waals surface area (Å²) in [5, 5.41) is 0. The van der Waals surface area contributed by atoms with Crippen molar-refractivity contribution in [2.75, 3.05) is 0 Å². The van der Waals surface area contributed by atoms with E-state index in [0.717, 1.165) is 6.29 Å². The van der Waals surface area contributed by atoms with Crippen molar-refractivity contribution in [1.29, 1.82) is 0 Å². The molecule has 18 heavy (non-hydrogen) atoms. The third-order valence-electron chi connectivity index (χ3n) is 3.29. The maximum atomic E-state index is 10.9. The summed E-state index contributed by atoms with van der Waals surface area (Å²) < 4.78 is 0. The van der Waals surface area contributed by atoms with Gasteiger partial charge >= 0.3 is 0 Å². The number of aryl methyl sites for hydroxylation is 2. The summed E-state index contributed by atoms with van der Waals surface area (Å²) in [7, 11) is 0. The van der Waals surface area contributed by atoms with Crippen LogP contribution >= 0.6 is 0 Å². The highest BCUT2D eigenvalue weighted by atomic mass is 16.1. The van der Waals surface area contributed by atoms with E-state index in [1.807, 2.05) is 0 Å². The third kappa shape index (κ3) is 2.86. The molecule has 0 aromatic heterocycles. The fourth-order valence-electron chi connectivity index (χ4n) is 2.16. The maximum Gasteiger partial charge on any atom is 0.120 e. The van der Waals surface area contributed by atoms with Gasteiger partial charge in [0.1, 0.15) is 6.29 Å². The quantitative estimate of drug-likeness (QED) is 0.735. The number of hydrogen-bond donors (Lipinski definition) is 0. The zero-order chi connectivity index (χ0) is 13.0. The molecule has 0 fully saturated rings.